The normalized spacial score (nSPS) is 42.5. The Morgan fingerprint density at radius 3 is 2.47 bits per heavy atom. The highest BCUT2D eigenvalue weighted by atomic mass is 16.6. The van der Waals surface area contributed by atoms with Gasteiger partial charge < -0.3 is 16.2 Å². The molecule has 1 saturated carbocycles. The minimum atomic E-state index is -2.44. The van der Waals surface area contributed by atoms with Gasteiger partial charge in [0.25, 0.3) is 6.54 Å². The van der Waals surface area contributed by atoms with Crippen molar-refractivity contribution in [2.45, 2.75) is 5.72 Å². The van der Waals surface area contributed by atoms with E-state index in [1.165, 1.54) is 12.1 Å². The molecule has 19 heavy (non-hydrogen) atoms. The van der Waals surface area contributed by atoms with Crippen LogP contribution in [0.25, 0.3) is 0 Å². The smallest absolute Gasteiger partial charge is 0.251 e. The summed E-state index contributed by atoms with van der Waals surface area (Å²) < 4.78 is 0. The molecule has 0 bridgehead atoms. The Balaban J connectivity index is 2.60. The lowest BCUT2D eigenvalue weighted by molar-refractivity contribution is -0.503. The van der Waals surface area contributed by atoms with E-state index in [0.29, 0.717) is 0 Å². The van der Waals surface area contributed by atoms with Gasteiger partial charge in [0.05, 0.1) is 18.1 Å². The molecule has 0 radical (unpaired) electrons. The highest BCUT2D eigenvalue weighted by Gasteiger charge is 2.95. The quantitative estimate of drug-likeness (QED) is 0.363. The van der Waals surface area contributed by atoms with Crippen molar-refractivity contribution in [3.63, 3.8) is 0 Å². The summed E-state index contributed by atoms with van der Waals surface area (Å²) in [6.45, 7) is -1.14. The molecule has 1 aliphatic heterocycles. The van der Waals surface area contributed by atoms with Gasteiger partial charge in [-0.1, -0.05) is 0 Å². The van der Waals surface area contributed by atoms with Crippen LogP contribution in [0.2, 0.25) is 0 Å². The van der Waals surface area contributed by atoms with Crippen molar-refractivity contribution in [1.29, 1.82) is 10.5 Å². The molecular formula is C9H7N5O5. The number of rotatable bonds is 3. The van der Waals surface area contributed by atoms with Crippen LogP contribution < -0.4 is 11.1 Å². The van der Waals surface area contributed by atoms with Gasteiger partial charge in [0, 0.05) is 4.92 Å². The molecular weight excluding hydrogens is 258 g/mol. The number of carbonyl (C=O) groups is 2. The standard InChI is InChI=1S/C9H7N5O5/c10-1-7(5(12)15)4-8(7,2-11)6(16)13-9(4,17)3-14(18)19/h4,17H,3H2,(H2,12,15)(H,13,16)/t4-,7+,8-,9+/m0/s1. The van der Waals surface area contributed by atoms with Crippen molar-refractivity contribution < 1.29 is 19.6 Å². The van der Waals surface area contributed by atoms with Crippen LogP contribution in [0, 0.1) is 49.5 Å². The summed E-state index contributed by atoms with van der Waals surface area (Å²) in [6, 6.07) is 2.96. The zero-order valence-electron chi connectivity index (χ0n) is 9.28. The molecule has 0 spiro atoms. The van der Waals surface area contributed by atoms with Crippen LogP contribution in [0.5, 0.6) is 0 Å². The van der Waals surface area contributed by atoms with Gasteiger partial charge in [-0.05, 0) is 0 Å². The average molecular weight is 265 g/mol. The third-order valence-corrected chi connectivity index (χ3v) is 3.68. The Morgan fingerprint density at radius 1 is 1.58 bits per heavy atom. The number of nitriles is 2. The van der Waals surface area contributed by atoms with Crippen molar-refractivity contribution in [2.24, 2.45) is 22.5 Å². The summed E-state index contributed by atoms with van der Waals surface area (Å²) in [4.78, 5) is 32.8. The number of hydrogen-bond acceptors (Lipinski definition) is 7. The molecule has 0 unspecified atom stereocenters. The van der Waals surface area contributed by atoms with E-state index in [-0.39, 0.29) is 0 Å². The number of amides is 2. The van der Waals surface area contributed by atoms with Crippen molar-refractivity contribution in [3.05, 3.63) is 10.1 Å². The van der Waals surface area contributed by atoms with Gasteiger partial charge in [0.2, 0.25) is 17.5 Å². The number of aliphatic hydroxyl groups is 1. The van der Waals surface area contributed by atoms with Crippen LogP contribution in [-0.2, 0) is 9.59 Å². The van der Waals surface area contributed by atoms with E-state index >= 15 is 0 Å². The number of nitrogens with one attached hydrogen (secondary N) is 1. The highest BCUT2D eigenvalue weighted by molar-refractivity contribution is 6.07. The molecule has 4 N–H and O–H groups in total. The number of nitrogens with zero attached hydrogens (tertiary/aromatic N) is 3. The number of piperidine rings is 1. The Labute approximate surface area is 105 Å². The molecule has 4 atom stereocenters. The van der Waals surface area contributed by atoms with E-state index in [9.17, 15) is 24.8 Å². The van der Waals surface area contributed by atoms with E-state index in [1.54, 1.807) is 0 Å². The van der Waals surface area contributed by atoms with Gasteiger partial charge >= 0.3 is 0 Å². The summed E-state index contributed by atoms with van der Waals surface area (Å²) in [6.07, 6.45) is 0. The van der Waals surface area contributed by atoms with Gasteiger partial charge in [-0.15, -0.1) is 0 Å². The molecule has 10 nitrogen and oxygen atoms in total. The maximum Gasteiger partial charge on any atom is 0.251 e. The molecule has 2 fully saturated rings. The second kappa shape index (κ2) is 3.18. The largest absolute Gasteiger partial charge is 0.368 e. The monoisotopic (exact) mass is 265 g/mol. The maximum absolute atomic E-state index is 11.8. The van der Waals surface area contributed by atoms with E-state index in [4.69, 9.17) is 16.3 Å². The van der Waals surface area contributed by atoms with E-state index in [0.717, 1.165) is 0 Å². The minimum Gasteiger partial charge on any atom is -0.368 e. The summed E-state index contributed by atoms with van der Waals surface area (Å²) in [7, 11) is 0. The fourth-order valence-corrected chi connectivity index (χ4v) is 2.94. The van der Waals surface area contributed by atoms with E-state index < -0.39 is 45.8 Å². The molecule has 0 aromatic carbocycles. The third kappa shape index (κ3) is 1.07. The average Bonchev–Trinajstić information content (AvgIpc) is 2.86. The number of carbonyl (C=O) groups excluding carboxylic acids is 2. The molecule has 10 heteroatoms. The van der Waals surface area contributed by atoms with Gasteiger partial charge in [-0.25, -0.2) is 0 Å². The Hall–Kier alpha value is -2.72. The third-order valence-electron chi connectivity index (χ3n) is 3.68. The molecule has 0 aromatic rings. The molecule has 1 heterocycles. The Morgan fingerprint density at radius 2 is 2.16 bits per heavy atom. The molecule has 1 aliphatic carbocycles. The van der Waals surface area contributed by atoms with Crippen LogP contribution in [0.3, 0.4) is 0 Å². The zero-order chi connectivity index (χ0) is 14.6. The molecule has 2 amide bonds. The predicted molar refractivity (Wildman–Crippen MR) is 53.7 cm³/mol. The number of hydrogen-bond donors (Lipinski definition) is 3. The lowest BCUT2D eigenvalue weighted by atomic mass is 9.92. The van der Waals surface area contributed by atoms with Crippen molar-refractivity contribution in [1.82, 2.24) is 5.32 Å². The molecule has 2 rings (SSSR count). The Bertz CT molecular complexity index is 585. The van der Waals surface area contributed by atoms with Crippen molar-refractivity contribution in [3.8, 4) is 12.1 Å². The number of nitrogens with two attached hydrogens (primary N) is 1. The molecule has 1 saturated heterocycles. The summed E-state index contributed by atoms with van der Waals surface area (Å²) in [5, 5.41) is 40.6. The van der Waals surface area contributed by atoms with Crippen LogP contribution in [0.1, 0.15) is 0 Å². The minimum absolute atomic E-state index is 0.921. The van der Waals surface area contributed by atoms with Gasteiger partial charge in [0.15, 0.2) is 10.8 Å². The number of primary amides is 1. The first-order chi connectivity index (χ1) is 8.73. The second-order valence-electron chi connectivity index (χ2n) is 4.51. The van der Waals surface area contributed by atoms with E-state index in [1.807, 2.05) is 5.32 Å². The molecule has 98 valence electrons. The summed E-state index contributed by atoms with van der Waals surface area (Å²) >= 11 is 0. The van der Waals surface area contributed by atoms with Gasteiger partial charge in [0.1, 0.15) is 0 Å². The van der Waals surface area contributed by atoms with Gasteiger partial charge in [-0.2, -0.15) is 10.5 Å². The summed E-state index contributed by atoms with van der Waals surface area (Å²) in [5.74, 6) is -3.93. The summed E-state index contributed by atoms with van der Waals surface area (Å²) in [5.41, 5.74) is -1.82. The lowest BCUT2D eigenvalue weighted by Crippen LogP contribution is -2.55. The van der Waals surface area contributed by atoms with Crippen LogP contribution in [0.15, 0.2) is 0 Å². The first kappa shape index (κ1) is 12.7. The van der Waals surface area contributed by atoms with Crippen LogP contribution >= 0.6 is 0 Å². The fraction of sp³-hybridized carbons (Fsp3) is 0.556. The van der Waals surface area contributed by atoms with Crippen LogP contribution in [0.4, 0.5) is 0 Å². The molecule has 2 aliphatic rings. The first-order valence-electron chi connectivity index (χ1n) is 5.02. The molecule has 0 aromatic heterocycles. The van der Waals surface area contributed by atoms with Gasteiger partial charge in [-0.3, -0.25) is 19.7 Å². The highest BCUT2D eigenvalue weighted by Crippen LogP contribution is 2.74. The lowest BCUT2D eigenvalue weighted by Gasteiger charge is -2.23. The van der Waals surface area contributed by atoms with E-state index in [2.05, 4.69) is 0 Å². The van der Waals surface area contributed by atoms with Crippen LogP contribution in [-0.4, -0.2) is 34.1 Å². The Kier molecular flexibility index (Phi) is 2.13. The predicted octanol–water partition coefficient (Wildman–Crippen LogP) is -2.78. The van der Waals surface area contributed by atoms with Crippen molar-refractivity contribution >= 4 is 11.8 Å². The topological polar surface area (TPSA) is 183 Å². The number of nitro groups is 1. The number of fused-ring (bicyclic) bond motifs is 1. The fourth-order valence-electron chi connectivity index (χ4n) is 2.94. The zero-order valence-corrected chi connectivity index (χ0v) is 9.28. The maximum atomic E-state index is 11.8. The first-order valence-corrected chi connectivity index (χ1v) is 5.02. The second-order valence-corrected chi connectivity index (χ2v) is 4.51. The SMILES string of the molecule is N#C[C@]1(C(N)=O)[C@@H]2[C@](O)(C[N+](=O)[O-])NC(=O)[C@]21C#N. The van der Waals surface area contributed by atoms with Crippen molar-refractivity contribution in [2.75, 3.05) is 6.54 Å².